The summed E-state index contributed by atoms with van der Waals surface area (Å²) in [7, 11) is -3.81. The molecule has 1 unspecified atom stereocenters. The van der Waals surface area contributed by atoms with Crippen molar-refractivity contribution in [1.82, 2.24) is 0 Å². The second-order valence-corrected chi connectivity index (χ2v) is 6.78. The molecule has 0 heterocycles. The van der Waals surface area contributed by atoms with E-state index in [1.54, 1.807) is 6.92 Å². The Morgan fingerprint density at radius 1 is 0.889 bits per heavy atom. The molecule has 0 saturated heterocycles. The van der Waals surface area contributed by atoms with Gasteiger partial charge in [0.25, 0.3) is 10.1 Å². The van der Waals surface area contributed by atoms with Crippen LogP contribution in [0.2, 0.25) is 0 Å². The standard InChI is InChI=1S/C13H28O3S.Na.H/c1-3-4-5-6-7-8-9-10-11-12-13(2)17(14,15)16;;/h13H,3-12H2,1-2H3,(H,14,15,16);;. The molecule has 0 aliphatic rings. The van der Waals surface area contributed by atoms with Gasteiger partial charge in [-0.3, -0.25) is 4.55 Å². The van der Waals surface area contributed by atoms with Crippen LogP contribution in [-0.2, 0) is 10.1 Å². The molecule has 0 saturated carbocycles. The van der Waals surface area contributed by atoms with Gasteiger partial charge in [0.2, 0.25) is 0 Å². The predicted molar refractivity (Wildman–Crippen MR) is 80.0 cm³/mol. The molecule has 0 aliphatic heterocycles. The van der Waals surface area contributed by atoms with E-state index in [0.717, 1.165) is 12.8 Å². The van der Waals surface area contributed by atoms with Crippen molar-refractivity contribution < 1.29 is 13.0 Å². The zero-order valence-electron chi connectivity index (χ0n) is 11.3. The molecule has 0 aromatic heterocycles. The fourth-order valence-electron chi connectivity index (χ4n) is 1.89. The van der Waals surface area contributed by atoms with Crippen LogP contribution in [0.5, 0.6) is 0 Å². The zero-order valence-corrected chi connectivity index (χ0v) is 12.1. The van der Waals surface area contributed by atoms with Gasteiger partial charge >= 0.3 is 29.6 Å². The van der Waals surface area contributed by atoms with Crippen molar-refractivity contribution in [2.24, 2.45) is 0 Å². The summed E-state index contributed by atoms with van der Waals surface area (Å²) in [6, 6.07) is 0. The molecule has 0 rings (SSSR count). The van der Waals surface area contributed by atoms with Crippen LogP contribution in [0, 0.1) is 0 Å². The van der Waals surface area contributed by atoms with Crippen molar-refractivity contribution in [2.45, 2.75) is 83.3 Å². The van der Waals surface area contributed by atoms with Gasteiger partial charge in [-0.05, 0) is 13.3 Å². The van der Waals surface area contributed by atoms with Gasteiger partial charge < -0.3 is 0 Å². The topological polar surface area (TPSA) is 54.4 Å². The fraction of sp³-hybridized carbons (Fsp3) is 1.00. The van der Waals surface area contributed by atoms with Gasteiger partial charge in [0.05, 0.1) is 5.25 Å². The first-order valence-corrected chi connectivity index (χ1v) is 8.45. The first-order chi connectivity index (χ1) is 7.98. The number of unbranched alkanes of at least 4 members (excludes halogenated alkanes) is 8. The molecular weight excluding hydrogens is 259 g/mol. The van der Waals surface area contributed by atoms with Gasteiger partial charge in [0.15, 0.2) is 0 Å². The summed E-state index contributed by atoms with van der Waals surface area (Å²) >= 11 is 0. The maximum atomic E-state index is 10.8. The number of hydrogen-bond donors (Lipinski definition) is 1. The van der Waals surface area contributed by atoms with E-state index in [4.69, 9.17) is 4.55 Å². The molecule has 0 radical (unpaired) electrons. The average molecular weight is 288 g/mol. The Morgan fingerprint density at radius 3 is 1.67 bits per heavy atom. The van der Waals surface area contributed by atoms with Crippen molar-refractivity contribution in [1.29, 1.82) is 0 Å². The fourth-order valence-corrected chi connectivity index (χ4v) is 2.36. The van der Waals surface area contributed by atoms with Gasteiger partial charge in [-0.2, -0.15) is 8.42 Å². The number of hydrogen-bond acceptors (Lipinski definition) is 2. The van der Waals surface area contributed by atoms with Crippen LogP contribution < -0.4 is 0 Å². The summed E-state index contributed by atoms with van der Waals surface area (Å²) in [5.74, 6) is 0. The van der Waals surface area contributed by atoms with E-state index in [2.05, 4.69) is 6.92 Å². The summed E-state index contributed by atoms with van der Waals surface area (Å²) in [6.45, 7) is 3.79. The maximum absolute atomic E-state index is 10.8. The van der Waals surface area contributed by atoms with Gasteiger partial charge in [-0.25, -0.2) is 0 Å². The molecule has 5 heteroatoms. The number of rotatable bonds is 11. The molecule has 0 aromatic carbocycles. The SMILES string of the molecule is CCCCCCCCCCCC(C)S(=O)(=O)O.[NaH]. The minimum atomic E-state index is -3.81. The van der Waals surface area contributed by atoms with E-state index < -0.39 is 15.4 Å². The summed E-state index contributed by atoms with van der Waals surface area (Å²) in [5, 5.41) is -0.605. The van der Waals surface area contributed by atoms with Crippen LogP contribution in [0.15, 0.2) is 0 Å². The molecule has 1 N–H and O–H groups in total. The molecule has 3 nitrogen and oxygen atoms in total. The third-order valence-electron chi connectivity index (χ3n) is 3.22. The van der Waals surface area contributed by atoms with E-state index >= 15 is 0 Å². The molecule has 0 amide bonds. The minimum absolute atomic E-state index is 0. The van der Waals surface area contributed by atoms with Gasteiger partial charge in [0.1, 0.15) is 0 Å². The first kappa shape index (κ1) is 21.2. The second-order valence-electron chi connectivity index (χ2n) is 4.94. The Morgan fingerprint density at radius 2 is 1.28 bits per heavy atom. The molecular formula is C13H29NaO3S. The third kappa shape index (κ3) is 13.3. The van der Waals surface area contributed by atoms with E-state index in [9.17, 15) is 8.42 Å². The first-order valence-electron chi connectivity index (χ1n) is 6.94. The van der Waals surface area contributed by atoms with Crippen molar-refractivity contribution >= 4 is 39.7 Å². The van der Waals surface area contributed by atoms with Crippen LogP contribution in [-0.4, -0.2) is 47.8 Å². The summed E-state index contributed by atoms with van der Waals surface area (Å²) in [6.07, 6.45) is 11.6. The molecule has 106 valence electrons. The predicted octanol–water partition coefficient (Wildman–Crippen LogP) is 3.54. The molecule has 0 aliphatic carbocycles. The average Bonchev–Trinajstić information content (AvgIpc) is 2.25. The molecule has 0 spiro atoms. The Balaban J connectivity index is 0. The van der Waals surface area contributed by atoms with Crippen LogP contribution in [0.25, 0.3) is 0 Å². The van der Waals surface area contributed by atoms with Crippen LogP contribution in [0.1, 0.15) is 78.1 Å². The Kier molecular flexibility index (Phi) is 15.2. The van der Waals surface area contributed by atoms with Crippen molar-refractivity contribution in [3.8, 4) is 0 Å². The van der Waals surface area contributed by atoms with E-state index in [1.807, 2.05) is 0 Å². The summed E-state index contributed by atoms with van der Waals surface area (Å²) in [4.78, 5) is 0. The molecule has 0 bridgehead atoms. The quantitative estimate of drug-likeness (QED) is 0.359. The van der Waals surface area contributed by atoms with Gasteiger partial charge in [0, 0.05) is 0 Å². The van der Waals surface area contributed by atoms with Gasteiger partial charge in [-0.1, -0.05) is 64.7 Å². The van der Waals surface area contributed by atoms with Crippen molar-refractivity contribution in [3.05, 3.63) is 0 Å². The van der Waals surface area contributed by atoms with Gasteiger partial charge in [-0.15, -0.1) is 0 Å². The summed E-state index contributed by atoms with van der Waals surface area (Å²) < 4.78 is 30.3. The molecule has 1 atom stereocenters. The second kappa shape index (κ2) is 12.9. The molecule has 18 heavy (non-hydrogen) atoms. The molecule has 0 fully saturated rings. The Bertz CT molecular complexity index is 265. The zero-order chi connectivity index (χ0) is 13.1. The Hall–Kier alpha value is 0.910. The monoisotopic (exact) mass is 288 g/mol. The van der Waals surface area contributed by atoms with Crippen LogP contribution in [0.4, 0.5) is 0 Å². The van der Waals surface area contributed by atoms with E-state index in [0.29, 0.717) is 6.42 Å². The third-order valence-corrected chi connectivity index (χ3v) is 4.48. The van der Waals surface area contributed by atoms with Crippen LogP contribution in [0.3, 0.4) is 0 Å². The van der Waals surface area contributed by atoms with Crippen LogP contribution >= 0.6 is 0 Å². The van der Waals surface area contributed by atoms with Crippen molar-refractivity contribution in [2.75, 3.05) is 0 Å². The van der Waals surface area contributed by atoms with E-state index in [-0.39, 0.29) is 29.6 Å². The normalized spacial score (nSPS) is 13.1. The van der Waals surface area contributed by atoms with Crippen molar-refractivity contribution in [3.63, 3.8) is 0 Å². The molecule has 0 aromatic rings. The summed E-state index contributed by atoms with van der Waals surface area (Å²) in [5.41, 5.74) is 0. The Labute approximate surface area is 135 Å². The van der Waals surface area contributed by atoms with E-state index in [1.165, 1.54) is 44.9 Å².